The van der Waals surface area contributed by atoms with Crippen molar-refractivity contribution < 1.29 is 0 Å². The lowest BCUT2D eigenvalue weighted by Crippen LogP contribution is -2.46. The van der Waals surface area contributed by atoms with Gasteiger partial charge >= 0.3 is 0 Å². The van der Waals surface area contributed by atoms with E-state index in [1.165, 1.54) is 37.9 Å². The second kappa shape index (κ2) is 5.00. The van der Waals surface area contributed by atoms with E-state index < -0.39 is 0 Å². The van der Waals surface area contributed by atoms with Crippen molar-refractivity contribution in [3.05, 3.63) is 18.2 Å². The van der Waals surface area contributed by atoms with E-state index in [1.54, 1.807) is 0 Å². The summed E-state index contributed by atoms with van der Waals surface area (Å²) < 4.78 is 2.14. The number of imidazole rings is 1. The average Bonchev–Trinajstić information content (AvgIpc) is 2.56. The monoisotopic (exact) mass is 221 g/mol. The molecule has 0 bridgehead atoms. The second-order valence-electron chi connectivity index (χ2n) is 5.00. The predicted octanol–water partition coefficient (Wildman–Crippen LogP) is 2.27. The molecule has 1 aromatic heterocycles. The van der Waals surface area contributed by atoms with E-state index in [1.807, 2.05) is 12.4 Å². The zero-order valence-electron chi connectivity index (χ0n) is 10.5. The quantitative estimate of drug-likeness (QED) is 0.848. The molecule has 1 unspecified atom stereocenters. The summed E-state index contributed by atoms with van der Waals surface area (Å²) in [5, 5.41) is 3.76. The van der Waals surface area contributed by atoms with Crippen LogP contribution in [-0.2, 0) is 13.5 Å². The van der Waals surface area contributed by atoms with E-state index >= 15 is 0 Å². The van der Waals surface area contributed by atoms with Crippen molar-refractivity contribution in [3.8, 4) is 0 Å². The fourth-order valence-corrected chi connectivity index (χ4v) is 2.65. The normalized spacial score (nSPS) is 26.6. The lowest BCUT2D eigenvalue weighted by atomic mass is 9.87. The number of rotatable bonds is 3. The first-order chi connectivity index (χ1) is 7.76. The minimum atomic E-state index is 0.287. The van der Waals surface area contributed by atoms with Crippen molar-refractivity contribution in [1.82, 2.24) is 14.9 Å². The van der Waals surface area contributed by atoms with Gasteiger partial charge in [0.1, 0.15) is 5.82 Å². The van der Waals surface area contributed by atoms with Gasteiger partial charge in [-0.3, -0.25) is 0 Å². The molecule has 1 aliphatic rings. The Morgan fingerprint density at radius 2 is 2.31 bits per heavy atom. The molecule has 16 heavy (non-hydrogen) atoms. The first-order valence-electron chi connectivity index (χ1n) is 6.47. The summed E-state index contributed by atoms with van der Waals surface area (Å²) >= 11 is 0. The maximum atomic E-state index is 4.46. The molecule has 2 heterocycles. The highest BCUT2D eigenvalue weighted by atomic mass is 15.1. The zero-order chi connectivity index (χ0) is 11.4. The van der Waals surface area contributed by atoms with Crippen molar-refractivity contribution in [1.29, 1.82) is 0 Å². The molecule has 1 fully saturated rings. The molecule has 2 rings (SSSR count). The van der Waals surface area contributed by atoms with E-state index in [9.17, 15) is 0 Å². The summed E-state index contributed by atoms with van der Waals surface area (Å²) in [6, 6.07) is 0. The Bertz CT molecular complexity index is 322. The molecule has 3 heteroatoms. The van der Waals surface area contributed by atoms with Crippen molar-refractivity contribution in [2.75, 3.05) is 6.54 Å². The molecular formula is C13H23N3. The molecule has 1 saturated heterocycles. The lowest BCUT2D eigenvalue weighted by molar-refractivity contribution is 0.294. The summed E-state index contributed by atoms with van der Waals surface area (Å²) in [5.74, 6) is 1.20. The number of nitrogens with zero attached hydrogens (tertiary/aromatic N) is 2. The van der Waals surface area contributed by atoms with Gasteiger partial charge in [-0.05, 0) is 25.8 Å². The number of aromatic nitrogens is 2. The lowest BCUT2D eigenvalue weighted by Gasteiger charge is -2.32. The van der Waals surface area contributed by atoms with Crippen LogP contribution in [0.5, 0.6) is 0 Å². The summed E-state index contributed by atoms with van der Waals surface area (Å²) in [6.45, 7) is 3.46. The topological polar surface area (TPSA) is 29.9 Å². The van der Waals surface area contributed by atoms with Crippen LogP contribution in [0.3, 0.4) is 0 Å². The molecule has 0 aliphatic carbocycles. The summed E-state index contributed by atoms with van der Waals surface area (Å²) in [6.07, 6.45) is 11.5. The van der Waals surface area contributed by atoms with Gasteiger partial charge in [0.2, 0.25) is 0 Å². The van der Waals surface area contributed by atoms with E-state index in [4.69, 9.17) is 0 Å². The zero-order valence-corrected chi connectivity index (χ0v) is 10.5. The maximum absolute atomic E-state index is 4.46. The van der Waals surface area contributed by atoms with E-state index in [-0.39, 0.29) is 5.54 Å². The fraction of sp³-hybridized carbons (Fsp3) is 0.769. The highest BCUT2D eigenvalue weighted by Gasteiger charge is 2.30. The number of aryl methyl sites for hydroxylation is 1. The SMILES string of the molecule is CCC1(Cc2nccn2C)CCCCCN1. The van der Waals surface area contributed by atoms with Crippen LogP contribution in [0, 0.1) is 0 Å². The second-order valence-corrected chi connectivity index (χ2v) is 5.00. The molecule has 90 valence electrons. The van der Waals surface area contributed by atoms with Crippen molar-refractivity contribution >= 4 is 0 Å². The van der Waals surface area contributed by atoms with E-state index in [2.05, 4.69) is 28.8 Å². The first-order valence-corrected chi connectivity index (χ1v) is 6.47. The number of nitrogens with one attached hydrogen (secondary N) is 1. The molecule has 1 aromatic rings. The molecule has 1 aliphatic heterocycles. The highest BCUT2D eigenvalue weighted by Crippen LogP contribution is 2.25. The molecule has 3 nitrogen and oxygen atoms in total. The number of hydrogen-bond donors (Lipinski definition) is 1. The maximum Gasteiger partial charge on any atom is 0.110 e. The average molecular weight is 221 g/mol. The molecular weight excluding hydrogens is 198 g/mol. The van der Waals surface area contributed by atoms with Crippen molar-refractivity contribution in [2.45, 2.75) is 51.0 Å². The van der Waals surface area contributed by atoms with Crippen LogP contribution in [0.1, 0.15) is 44.9 Å². The van der Waals surface area contributed by atoms with Crippen molar-refractivity contribution in [3.63, 3.8) is 0 Å². The molecule has 0 saturated carbocycles. The number of hydrogen-bond acceptors (Lipinski definition) is 2. The van der Waals surface area contributed by atoms with E-state index in [0.29, 0.717) is 0 Å². The summed E-state index contributed by atoms with van der Waals surface area (Å²) in [7, 11) is 2.09. The van der Waals surface area contributed by atoms with Gasteiger partial charge in [0.25, 0.3) is 0 Å². The van der Waals surface area contributed by atoms with Gasteiger partial charge in [0.05, 0.1) is 0 Å². The van der Waals surface area contributed by atoms with Crippen LogP contribution < -0.4 is 5.32 Å². The van der Waals surface area contributed by atoms with Gasteiger partial charge in [-0.15, -0.1) is 0 Å². The Morgan fingerprint density at radius 1 is 1.44 bits per heavy atom. The Hall–Kier alpha value is -0.830. The third kappa shape index (κ3) is 2.46. The molecule has 0 spiro atoms. The molecule has 0 aromatic carbocycles. The molecule has 0 amide bonds. The highest BCUT2D eigenvalue weighted by molar-refractivity contribution is 5.01. The fourth-order valence-electron chi connectivity index (χ4n) is 2.65. The van der Waals surface area contributed by atoms with Gasteiger partial charge in [0, 0.05) is 31.4 Å². The first kappa shape index (κ1) is 11.6. The van der Waals surface area contributed by atoms with E-state index in [0.717, 1.165) is 13.0 Å². The van der Waals surface area contributed by atoms with Crippen LogP contribution in [0.25, 0.3) is 0 Å². The largest absolute Gasteiger partial charge is 0.338 e. The Kier molecular flexibility index (Phi) is 3.64. The van der Waals surface area contributed by atoms with Crippen LogP contribution in [-0.4, -0.2) is 21.6 Å². The minimum absolute atomic E-state index is 0.287. The molecule has 0 radical (unpaired) electrons. The van der Waals surface area contributed by atoms with Crippen molar-refractivity contribution in [2.24, 2.45) is 7.05 Å². The van der Waals surface area contributed by atoms with Crippen LogP contribution in [0.15, 0.2) is 12.4 Å². The van der Waals surface area contributed by atoms with Crippen LogP contribution in [0.4, 0.5) is 0 Å². The summed E-state index contributed by atoms with van der Waals surface area (Å²) in [4.78, 5) is 4.46. The summed E-state index contributed by atoms with van der Waals surface area (Å²) in [5.41, 5.74) is 0.287. The van der Waals surface area contributed by atoms with Gasteiger partial charge in [-0.2, -0.15) is 0 Å². The molecule has 1 atom stereocenters. The Labute approximate surface area is 98.3 Å². The van der Waals surface area contributed by atoms with Crippen LogP contribution >= 0.6 is 0 Å². The van der Waals surface area contributed by atoms with Gasteiger partial charge < -0.3 is 9.88 Å². The van der Waals surface area contributed by atoms with Gasteiger partial charge in [-0.1, -0.05) is 19.8 Å². The minimum Gasteiger partial charge on any atom is -0.338 e. The van der Waals surface area contributed by atoms with Gasteiger partial charge in [0.15, 0.2) is 0 Å². The molecule has 1 N–H and O–H groups in total. The Balaban J connectivity index is 2.11. The Morgan fingerprint density at radius 3 is 3.00 bits per heavy atom. The third-order valence-electron chi connectivity index (χ3n) is 3.93. The van der Waals surface area contributed by atoms with Crippen LogP contribution in [0.2, 0.25) is 0 Å². The predicted molar refractivity (Wildman–Crippen MR) is 66.4 cm³/mol. The standard InChI is InChI=1S/C13H23N3/c1-3-13(7-5-4-6-8-15-13)11-12-14-9-10-16(12)2/h9-10,15H,3-8,11H2,1-2H3. The smallest absolute Gasteiger partial charge is 0.110 e. The van der Waals surface area contributed by atoms with Gasteiger partial charge in [-0.25, -0.2) is 4.98 Å². The third-order valence-corrected chi connectivity index (χ3v) is 3.93.